The van der Waals surface area contributed by atoms with E-state index in [2.05, 4.69) is 26.8 Å². The van der Waals surface area contributed by atoms with Crippen LogP contribution in [0.25, 0.3) is 0 Å². The Morgan fingerprint density at radius 3 is 2.06 bits per heavy atom. The highest BCUT2D eigenvalue weighted by atomic mass is 16.5. The van der Waals surface area contributed by atoms with Gasteiger partial charge in [-0.15, -0.1) is 0 Å². The van der Waals surface area contributed by atoms with E-state index in [0.29, 0.717) is 24.3 Å². The van der Waals surface area contributed by atoms with Crippen LogP contribution < -0.4 is 9.47 Å². The van der Waals surface area contributed by atoms with Crippen molar-refractivity contribution in [3.63, 3.8) is 0 Å². The lowest BCUT2D eigenvalue weighted by Gasteiger charge is -2.28. The second kappa shape index (κ2) is 8.73. The molecule has 1 aliphatic rings. The van der Waals surface area contributed by atoms with Gasteiger partial charge in [-0.25, -0.2) is 0 Å². The number of ether oxygens (including phenoxy) is 2. The van der Waals surface area contributed by atoms with E-state index >= 15 is 0 Å². The summed E-state index contributed by atoms with van der Waals surface area (Å²) in [4.78, 5) is 24.2. The molecule has 2 aromatic carbocycles. The molecule has 32 heavy (non-hydrogen) atoms. The molecule has 172 valence electrons. The average molecular weight is 437 g/mol. The average Bonchev–Trinajstić information content (AvgIpc) is 2.87. The smallest absolute Gasteiger partial charge is 0.311 e. The Labute approximate surface area is 192 Å². The van der Waals surface area contributed by atoms with Gasteiger partial charge in [-0.2, -0.15) is 0 Å². The maximum Gasteiger partial charge on any atom is 0.311 e. The van der Waals surface area contributed by atoms with Gasteiger partial charge >= 0.3 is 11.9 Å². The van der Waals surface area contributed by atoms with E-state index in [4.69, 9.17) is 9.47 Å². The highest BCUT2D eigenvalue weighted by Gasteiger charge is 2.46. The third-order valence-electron chi connectivity index (χ3n) is 6.19. The fourth-order valence-electron chi connectivity index (χ4n) is 4.84. The minimum Gasteiger partial charge on any atom is -0.427 e. The minimum absolute atomic E-state index is 0.00606. The van der Waals surface area contributed by atoms with E-state index in [-0.39, 0.29) is 28.2 Å². The largest absolute Gasteiger partial charge is 0.427 e. The van der Waals surface area contributed by atoms with Crippen LogP contribution in [0.2, 0.25) is 0 Å². The molecule has 0 aromatic heterocycles. The van der Waals surface area contributed by atoms with Crippen molar-refractivity contribution in [2.24, 2.45) is 5.41 Å². The zero-order chi connectivity index (χ0) is 23.7. The van der Waals surface area contributed by atoms with Gasteiger partial charge in [0.15, 0.2) is 0 Å². The van der Waals surface area contributed by atoms with Crippen LogP contribution in [-0.2, 0) is 20.4 Å². The SMILES string of the molecule is CCCC(=O)Oc1ccc2c(c1)C(C)(c1ccc(OC(=O)CC(C)(C)C)cc1)CC2(C)C. The van der Waals surface area contributed by atoms with Gasteiger partial charge in [0.25, 0.3) is 0 Å². The monoisotopic (exact) mass is 436 g/mol. The van der Waals surface area contributed by atoms with E-state index < -0.39 is 0 Å². The van der Waals surface area contributed by atoms with Crippen LogP contribution in [0.3, 0.4) is 0 Å². The topological polar surface area (TPSA) is 52.6 Å². The van der Waals surface area contributed by atoms with Crippen LogP contribution in [0.4, 0.5) is 0 Å². The van der Waals surface area contributed by atoms with Crippen molar-refractivity contribution < 1.29 is 19.1 Å². The Hall–Kier alpha value is -2.62. The summed E-state index contributed by atoms with van der Waals surface area (Å²) in [5.41, 5.74) is 3.25. The molecule has 0 saturated carbocycles. The fourth-order valence-corrected chi connectivity index (χ4v) is 4.84. The van der Waals surface area contributed by atoms with Crippen LogP contribution in [0, 0.1) is 5.41 Å². The molecule has 0 radical (unpaired) electrons. The molecule has 0 aliphatic heterocycles. The third-order valence-corrected chi connectivity index (χ3v) is 6.19. The van der Waals surface area contributed by atoms with Crippen molar-refractivity contribution in [3.05, 3.63) is 59.2 Å². The van der Waals surface area contributed by atoms with Gasteiger partial charge < -0.3 is 9.47 Å². The first-order valence-corrected chi connectivity index (χ1v) is 11.5. The predicted octanol–water partition coefficient (Wildman–Crippen LogP) is 6.72. The third kappa shape index (κ3) is 5.23. The molecular formula is C28H36O4. The standard InChI is InChI=1S/C28H36O4/c1-8-9-24(29)32-21-14-15-22-23(16-21)28(7,18-27(22,5)6)19-10-12-20(13-11-19)31-25(30)17-26(2,3)4/h10-16H,8-9,17-18H2,1-7H3. The Morgan fingerprint density at radius 2 is 1.47 bits per heavy atom. The van der Waals surface area contributed by atoms with Crippen LogP contribution >= 0.6 is 0 Å². The van der Waals surface area contributed by atoms with E-state index in [1.165, 1.54) is 11.1 Å². The molecule has 3 rings (SSSR count). The lowest BCUT2D eigenvalue weighted by molar-refractivity contribution is -0.136. The van der Waals surface area contributed by atoms with Crippen molar-refractivity contribution >= 4 is 11.9 Å². The second-order valence-corrected chi connectivity index (χ2v) is 11.1. The van der Waals surface area contributed by atoms with Gasteiger partial charge in [0, 0.05) is 11.8 Å². The Bertz CT molecular complexity index is 995. The van der Waals surface area contributed by atoms with Gasteiger partial charge in [-0.1, -0.05) is 66.7 Å². The van der Waals surface area contributed by atoms with E-state index in [0.717, 1.165) is 18.4 Å². The molecule has 1 aliphatic carbocycles. The molecule has 1 atom stereocenters. The maximum absolute atomic E-state index is 12.2. The fraction of sp³-hybridized carbons (Fsp3) is 0.500. The molecule has 0 spiro atoms. The molecule has 0 heterocycles. The zero-order valence-corrected chi connectivity index (χ0v) is 20.5. The summed E-state index contributed by atoms with van der Waals surface area (Å²) in [5.74, 6) is 0.736. The molecule has 2 aromatic rings. The van der Waals surface area contributed by atoms with Crippen molar-refractivity contribution in [3.8, 4) is 11.5 Å². The van der Waals surface area contributed by atoms with Crippen LogP contribution in [-0.4, -0.2) is 11.9 Å². The number of benzene rings is 2. The van der Waals surface area contributed by atoms with Crippen LogP contribution in [0.1, 0.15) is 90.8 Å². The van der Waals surface area contributed by atoms with Crippen LogP contribution in [0.15, 0.2) is 42.5 Å². The Kier molecular flexibility index (Phi) is 6.55. The van der Waals surface area contributed by atoms with Crippen molar-refractivity contribution in [2.75, 3.05) is 0 Å². The molecule has 0 saturated heterocycles. The second-order valence-electron chi connectivity index (χ2n) is 11.1. The number of esters is 2. The Balaban J connectivity index is 1.88. The summed E-state index contributed by atoms with van der Waals surface area (Å²) >= 11 is 0. The van der Waals surface area contributed by atoms with E-state index in [9.17, 15) is 9.59 Å². The van der Waals surface area contributed by atoms with Gasteiger partial charge in [0.05, 0.1) is 6.42 Å². The minimum atomic E-state index is -0.236. The van der Waals surface area contributed by atoms with E-state index in [1.54, 1.807) is 0 Å². The first kappa shape index (κ1) is 24.0. The first-order chi connectivity index (χ1) is 14.8. The summed E-state index contributed by atoms with van der Waals surface area (Å²) < 4.78 is 11.1. The maximum atomic E-state index is 12.2. The number of hydrogen-bond acceptors (Lipinski definition) is 4. The summed E-state index contributed by atoms with van der Waals surface area (Å²) in [7, 11) is 0. The Morgan fingerprint density at radius 1 is 0.875 bits per heavy atom. The molecule has 1 unspecified atom stereocenters. The highest BCUT2D eigenvalue weighted by molar-refractivity contribution is 5.73. The molecule has 4 heteroatoms. The summed E-state index contributed by atoms with van der Waals surface area (Å²) in [6, 6.07) is 13.8. The van der Waals surface area contributed by atoms with E-state index in [1.807, 2.05) is 64.1 Å². The normalized spacial score (nSPS) is 19.3. The highest BCUT2D eigenvalue weighted by Crippen LogP contribution is 2.53. The van der Waals surface area contributed by atoms with Gasteiger partial charge in [-0.3, -0.25) is 9.59 Å². The van der Waals surface area contributed by atoms with Crippen molar-refractivity contribution in [2.45, 2.75) is 85.0 Å². The summed E-state index contributed by atoms with van der Waals surface area (Å²) in [6.45, 7) is 14.8. The predicted molar refractivity (Wildman–Crippen MR) is 127 cm³/mol. The lowest BCUT2D eigenvalue weighted by atomic mass is 9.75. The quantitative estimate of drug-likeness (QED) is 0.372. The molecule has 0 amide bonds. The number of rotatable bonds is 6. The molecule has 0 fully saturated rings. The number of carbonyl (C=O) groups is 2. The zero-order valence-electron chi connectivity index (χ0n) is 20.5. The number of hydrogen-bond donors (Lipinski definition) is 0. The molecule has 4 nitrogen and oxygen atoms in total. The summed E-state index contributed by atoms with van der Waals surface area (Å²) in [5, 5.41) is 0. The number of fused-ring (bicyclic) bond motifs is 1. The first-order valence-electron chi connectivity index (χ1n) is 11.5. The van der Waals surface area contributed by atoms with Crippen LogP contribution in [0.5, 0.6) is 11.5 Å². The number of carbonyl (C=O) groups excluding carboxylic acids is 2. The van der Waals surface area contributed by atoms with Gasteiger partial charge in [0.2, 0.25) is 0 Å². The lowest BCUT2D eigenvalue weighted by Crippen LogP contribution is -2.23. The van der Waals surface area contributed by atoms with Crippen molar-refractivity contribution in [1.29, 1.82) is 0 Å². The molecule has 0 N–H and O–H groups in total. The van der Waals surface area contributed by atoms with Crippen molar-refractivity contribution in [1.82, 2.24) is 0 Å². The molecular weight excluding hydrogens is 400 g/mol. The van der Waals surface area contributed by atoms with Gasteiger partial charge in [0.1, 0.15) is 11.5 Å². The van der Waals surface area contributed by atoms with Gasteiger partial charge in [-0.05, 0) is 64.6 Å². The summed E-state index contributed by atoms with van der Waals surface area (Å²) in [6.07, 6.45) is 2.48. The molecule has 0 bridgehead atoms.